The van der Waals surface area contributed by atoms with Crippen molar-refractivity contribution in [1.82, 2.24) is 0 Å². The molecule has 0 saturated heterocycles. The summed E-state index contributed by atoms with van der Waals surface area (Å²) in [6, 6.07) is 24.7. The first-order valence-electron chi connectivity index (χ1n) is 14.3. The Morgan fingerprint density at radius 2 is 0.651 bits per heavy atom. The van der Waals surface area contributed by atoms with Gasteiger partial charge in [0.15, 0.2) is 0 Å². The van der Waals surface area contributed by atoms with Crippen LogP contribution in [0.2, 0.25) is 0 Å². The number of hydrogen-bond donors (Lipinski definition) is 0. The van der Waals surface area contributed by atoms with E-state index in [4.69, 9.17) is 37.4 Å². The van der Waals surface area contributed by atoms with Crippen LogP contribution >= 0.6 is 91.0 Å². The van der Waals surface area contributed by atoms with Gasteiger partial charge in [-0.15, -0.1) is 23.2 Å². The molecule has 0 N–H and O–H groups in total. The molecule has 0 heterocycles. The molecule has 43 heavy (non-hydrogen) atoms. The highest BCUT2D eigenvalue weighted by Gasteiger charge is 2.23. The normalized spacial score (nSPS) is 10.6. The van der Waals surface area contributed by atoms with Crippen molar-refractivity contribution in [2.75, 3.05) is 11.8 Å². The van der Waals surface area contributed by atoms with Gasteiger partial charge in [0.1, 0.15) is 37.1 Å². The second-order valence-electron chi connectivity index (χ2n) is 9.54. The van der Waals surface area contributed by atoms with Crippen molar-refractivity contribution in [3.8, 4) is 17.2 Å². The maximum Gasteiger partial charge on any atom is 0.119 e. The van der Waals surface area contributed by atoms with Crippen LogP contribution in [0.3, 0.4) is 0 Å². The maximum atomic E-state index is 6.38. The highest BCUT2D eigenvalue weighted by atomic mass is 127. The lowest BCUT2D eigenvalue weighted by atomic mass is 9.84. The summed E-state index contributed by atoms with van der Waals surface area (Å²) in [5.41, 5.74) is 7.78. The molecular weight excluding hydrogens is 920 g/mol. The molecule has 0 unspecified atom stereocenters. The molecule has 0 bridgehead atoms. The highest BCUT2D eigenvalue weighted by Crippen LogP contribution is 2.33. The first-order valence-corrected chi connectivity index (χ1v) is 18.6. The molecule has 0 atom stereocenters. The lowest BCUT2D eigenvalue weighted by Crippen LogP contribution is -2.17. The summed E-state index contributed by atoms with van der Waals surface area (Å²) in [6.45, 7) is 8.26. The van der Waals surface area contributed by atoms with E-state index < -0.39 is 0 Å². The third-order valence-corrected chi connectivity index (χ3v) is 9.64. The molecule has 8 heteroatoms. The Morgan fingerprint density at radius 3 is 0.837 bits per heavy atom. The van der Waals surface area contributed by atoms with E-state index in [0.717, 1.165) is 36.5 Å². The van der Waals surface area contributed by atoms with Gasteiger partial charge in [0, 0.05) is 22.5 Å². The SMILES string of the molecule is CCc1c(COc2ccc(I)cc2)c(CC)c(COc2ccc(I)cc2)c(CC)c1COc1ccc(I)cc1.ClCCCl. The van der Waals surface area contributed by atoms with Gasteiger partial charge < -0.3 is 14.2 Å². The molecule has 0 aromatic heterocycles. The lowest BCUT2D eigenvalue weighted by molar-refractivity contribution is 0.288. The molecule has 0 amide bonds. The minimum absolute atomic E-state index is 0.518. The molecule has 4 aromatic rings. The van der Waals surface area contributed by atoms with Gasteiger partial charge in [-0.1, -0.05) is 20.8 Å². The largest absolute Gasteiger partial charge is 0.489 e. The first kappa shape index (κ1) is 36.5. The maximum absolute atomic E-state index is 6.38. The molecule has 0 saturated carbocycles. The van der Waals surface area contributed by atoms with Gasteiger partial charge in [0.2, 0.25) is 0 Å². The van der Waals surface area contributed by atoms with Crippen molar-refractivity contribution >= 4 is 91.0 Å². The quantitative estimate of drug-likeness (QED) is 0.0987. The summed E-state index contributed by atoms with van der Waals surface area (Å²) in [7, 11) is 0. The Hall–Kier alpha value is -0.950. The molecule has 4 rings (SSSR count). The Balaban J connectivity index is 0.00000119. The first-order chi connectivity index (χ1) is 20.8. The number of alkyl halides is 2. The zero-order valence-corrected chi connectivity index (χ0v) is 32.7. The third-order valence-electron chi connectivity index (χ3n) is 6.91. The summed E-state index contributed by atoms with van der Waals surface area (Å²) in [6.07, 6.45) is 2.74. The van der Waals surface area contributed by atoms with Crippen LogP contribution in [-0.2, 0) is 39.1 Å². The van der Waals surface area contributed by atoms with Crippen LogP contribution in [0.5, 0.6) is 17.2 Å². The van der Waals surface area contributed by atoms with E-state index >= 15 is 0 Å². The molecule has 0 aliphatic carbocycles. The van der Waals surface area contributed by atoms with Crippen molar-refractivity contribution in [3.05, 3.63) is 117 Å². The zero-order chi connectivity index (χ0) is 31.2. The Bertz CT molecular complexity index is 1220. The summed E-state index contributed by atoms with van der Waals surface area (Å²) in [5.74, 6) is 3.76. The second kappa shape index (κ2) is 19.5. The molecule has 0 aliphatic rings. The van der Waals surface area contributed by atoms with E-state index in [1.54, 1.807) is 0 Å². The minimum Gasteiger partial charge on any atom is -0.489 e. The van der Waals surface area contributed by atoms with E-state index in [-0.39, 0.29) is 0 Å². The average Bonchev–Trinajstić information content (AvgIpc) is 3.03. The number of hydrogen-bond acceptors (Lipinski definition) is 3. The van der Waals surface area contributed by atoms with Gasteiger partial charge in [-0.25, -0.2) is 0 Å². The number of rotatable bonds is 13. The van der Waals surface area contributed by atoms with Crippen molar-refractivity contribution in [1.29, 1.82) is 0 Å². The van der Waals surface area contributed by atoms with E-state index in [0.29, 0.717) is 31.6 Å². The molecule has 0 aliphatic heterocycles. The van der Waals surface area contributed by atoms with E-state index in [1.807, 2.05) is 36.4 Å². The van der Waals surface area contributed by atoms with Gasteiger partial charge in [-0.3, -0.25) is 0 Å². The second-order valence-corrected chi connectivity index (χ2v) is 14.0. The van der Waals surface area contributed by atoms with Gasteiger partial charge >= 0.3 is 0 Å². The van der Waals surface area contributed by atoms with Crippen LogP contribution in [0.15, 0.2) is 72.8 Å². The monoisotopic (exact) mass is 956 g/mol. The van der Waals surface area contributed by atoms with Crippen LogP contribution in [0.4, 0.5) is 0 Å². The fourth-order valence-corrected chi connectivity index (χ4v) is 6.03. The Kier molecular flexibility index (Phi) is 16.6. The van der Waals surface area contributed by atoms with Gasteiger partial charge in [-0.2, -0.15) is 0 Å². The number of benzene rings is 4. The van der Waals surface area contributed by atoms with E-state index in [2.05, 4.69) is 125 Å². The standard InChI is InChI=1S/C33H33I3O3.C2H4Cl2/c1-4-28-31(19-37-25-13-7-22(34)8-14-25)29(5-2)33(21-39-27-17-11-24(36)12-18-27)30(6-3)32(28)20-38-26-15-9-23(35)10-16-26;3-1-2-4/h7-18H,4-6,19-21H2,1-3H3;1-2H2. The molecule has 0 fully saturated rings. The van der Waals surface area contributed by atoms with Gasteiger partial charge in [0.25, 0.3) is 0 Å². The fraction of sp³-hybridized carbons (Fsp3) is 0.314. The summed E-state index contributed by atoms with van der Waals surface area (Å²) in [4.78, 5) is 0. The predicted molar refractivity (Wildman–Crippen MR) is 206 cm³/mol. The Morgan fingerprint density at radius 1 is 0.419 bits per heavy atom. The highest BCUT2D eigenvalue weighted by molar-refractivity contribution is 14.1. The van der Waals surface area contributed by atoms with Crippen molar-refractivity contribution in [3.63, 3.8) is 0 Å². The molecule has 3 nitrogen and oxygen atoms in total. The average molecular weight is 957 g/mol. The molecule has 0 radical (unpaired) electrons. The van der Waals surface area contributed by atoms with Crippen molar-refractivity contribution in [2.45, 2.75) is 59.9 Å². The van der Waals surface area contributed by atoms with E-state index in [1.165, 1.54) is 44.1 Å². The van der Waals surface area contributed by atoms with Crippen molar-refractivity contribution in [2.24, 2.45) is 0 Å². The van der Waals surface area contributed by atoms with Gasteiger partial charge in [-0.05, 0) is 193 Å². The van der Waals surface area contributed by atoms with Crippen LogP contribution in [0.1, 0.15) is 54.2 Å². The van der Waals surface area contributed by atoms with Crippen LogP contribution < -0.4 is 14.2 Å². The predicted octanol–water partition coefficient (Wildman–Crippen LogP) is 11.4. The zero-order valence-electron chi connectivity index (χ0n) is 24.7. The minimum atomic E-state index is 0.518. The lowest BCUT2D eigenvalue weighted by Gasteiger charge is -2.26. The summed E-state index contributed by atoms with van der Waals surface area (Å²) < 4.78 is 22.7. The third kappa shape index (κ3) is 11.1. The van der Waals surface area contributed by atoms with E-state index in [9.17, 15) is 0 Å². The van der Waals surface area contributed by atoms with Crippen molar-refractivity contribution < 1.29 is 14.2 Å². The summed E-state index contributed by atoms with van der Waals surface area (Å²) in [5, 5.41) is 0. The van der Waals surface area contributed by atoms with Crippen LogP contribution in [0, 0.1) is 10.7 Å². The Labute approximate surface area is 307 Å². The molecule has 4 aromatic carbocycles. The smallest absolute Gasteiger partial charge is 0.119 e. The molecular formula is C35H37Cl2I3O3. The van der Waals surface area contributed by atoms with Gasteiger partial charge in [0.05, 0.1) is 0 Å². The number of ether oxygens (including phenoxy) is 3. The van der Waals surface area contributed by atoms with Crippen LogP contribution in [0.25, 0.3) is 0 Å². The topological polar surface area (TPSA) is 27.7 Å². The van der Waals surface area contributed by atoms with Crippen LogP contribution in [-0.4, -0.2) is 11.8 Å². The molecule has 230 valence electrons. The molecule has 0 spiro atoms. The summed E-state index contributed by atoms with van der Waals surface area (Å²) >= 11 is 17.1. The number of halogens is 5. The fourth-order valence-electron chi connectivity index (χ4n) is 4.95.